The first-order valence-electron chi connectivity index (χ1n) is 11.2. The number of carbonyl (C=O) groups is 2. The lowest BCUT2D eigenvalue weighted by Crippen LogP contribution is -2.65. The Morgan fingerprint density at radius 1 is 1.03 bits per heavy atom. The van der Waals surface area contributed by atoms with Crippen molar-refractivity contribution in [2.24, 2.45) is 10.5 Å². The van der Waals surface area contributed by atoms with Crippen molar-refractivity contribution in [2.75, 3.05) is 13.2 Å². The van der Waals surface area contributed by atoms with E-state index in [0.717, 1.165) is 0 Å². The first-order valence-corrected chi connectivity index (χ1v) is 11.6. The second-order valence-electron chi connectivity index (χ2n) is 8.30. The van der Waals surface area contributed by atoms with Crippen molar-refractivity contribution < 1.29 is 19.1 Å². The van der Waals surface area contributed by atoms with E-state index in [-0.39, 0.29) is 19.6 Å². The Kier molecular flexibility index (Phi) is 6.51. The Bertz CT molecular complexity index is 1250. The Morgan fingerprint density at radius 3 is 2.17 bits per heavy atom. The quantitative estimate of drug-likeness (QED) is 0.457. The van der Waals surface area contributed by atoms with Gasteiger partial charge in [-0.2, -0.15) is 15.6 Å². The average molecular weight is 491 g/mol. The number of piperidine rings is 1. The van der Waals surface area contributed by atoms with Crippen molar-refractivity contribution in [3.8, 4) is 12.1 Å². The second-order valence-corrected chi connectivity index (χ2v) is 8.71. The van der Waals surface area contributed by atoms with Crippen molar-refractivity contribution in [3.63, 3.8) is 0 Å². The number of hydrazone groups is 1. The number of nitrogens with zero attached hydrogens (tertiary/aromatic N) is 4. The van der Waals surface area contributed by atoms with Crippen LogP contribution in [0.3, 0.4) is 0 Å². The minimum absolute atomic E-state index is 0.0238. The summed E-state index contributed by atoms with van der Waals surface area (Å²) in [6.07, 6.45) is 1.28. The molecule has 0 N–H and O–H groups in total. The van der Waals surface area contributed by atoms with E-state index in [1.807, 2.05) is 0 Å². The predicted molar refractivity (Wildman–Crippen MR) is 127 cm³/mol. The Morgan fingerprint density at radius 2 is 1.60 bits per heavy atom. The molecule has 0 radical (unpaired) electrons. The first-order chi connectivity index (χ1) is 16.9. The van der Waals surface area contributed by atoms with Gasteiger partial charge in [-0.3, -0.25) is 14.6 Å². The van der Waals surface area contributed by atoms with Gasteiger partial charge in [0.25, 0.3) is 0 Å². The van der Waals surface area contributed by atoms with Crippen LogP contribution in [0.25, 0.3) is 0 Å². The van der Waals surface area contributed by atoms with Crippen LogP contribution in [0.4, 0.5) is 0 Å². The van der Waals surface area contributed by atoms with Gasteiger partial charge in [0.2, 0.25) is 5.54 Å². The van der Waals surface area contributed by atoms with Crippen LogP contribution in [-0.2, 0) is 19.1 Å². The molecule has 9 heteroatoms. The highest BCUT2D eigenvalue weighted by Gasteiger charge is 2.69. The van der Waals surface area contributed by atoms with Crippen molar-refractivity contribution in [1.82, 2.24) is 5.01 Å². The molecule has 0 saturated carbocycles. The third-order valence-electron chi connectivity index (χ3n) is 6.62. The Hall–Kier alpha value is -3.88. The summed E-state index contributed by atoms with van der Waals surface area (Å²) in [5.41, 5.74) is -2.12. The molecular weight excluding hydrogens is 468 g/mol. The van der Waals surface area contributed by atoms with Crippen LogP contribution in [0.15, 0.2) is 53.6 Å². The van der Waals surface area contributed by atoms with Crippen LogP contribution in [0.2, 0.25) is 5.02 Å². The number of carbonyl (C=O) groups excluding carboxylic acids is 2. The number of fused-ring (bicyclic) bond motifs is 3. The minimum atomic E-state index is -1.92. The summed E-state index contributed by atoms with van der Waals surface area (Å²) in [6, 6.07) is 17.0. The third-order valence-corrected chi connectivity index (χ3v) is 6.96. The molecule has 2 atom stereocenters. The van der Waals surface area contributed by atoms with Gasteiger partial charge in [-0.05, 0) is 43.0 Å². The largest absolute Gasteiger partial charge is 0.465 e. The van der Waals surface area contributed by atoms with Gasteiger partial charge in [0.15, 0.2) is 5.41 Å². The van der Waals surface area contributed by atoms with Crippen molar-refractivity contribution in [3.05, 3.63) is 70.2 Å². The molecule has 2 aromatic carbocycles. The van der Waals surface area contributed by atoms with Gasteiger partial charge < -0.3 is 9.47 Å². The molecule has 2 heterocycles. The van der Waals surface area contributed by atoms with E-state index in [4.69, 9.17) is 21.1 Å². The molecule has 4 rings (SSSR count). The maximum atomic E-state index is 13.8. The Balaban J connectivity index is 2.09. The normalized spacial score (nSPS) is 21.0. The van der Waals surface area contributed by atoms with Gasteiger partial charge in [-0.15, -0.1) is 0 Å². The fourth-order valence-corrected chi connectivity index (χ4v) is 5.35. The van der Waals surface area contributed by atoms with E-state index >= 15 is 0 Å². The maximum absolute atomic E-state index is 13.8. The van der Waals surface area contributed by atoms with Crippen molar-refractivity contribution >= 4 is 29.8 Å². The van der Waals surface area contributed by atoms with Crippen LogP contribution in [-0.4, -0.2) is 41.9 Å². The molecular formula is C26H23ClN4O4. The van der Waals surface area contributed by atoms with E-state index < -0.39 is 34.9 Å². The van der Waals surface area contributed by atoms with E-state index in [1.165, 1.54) is 11.2 Å². The van der Waals surface area contributed by atoms with Crippen LogP contribution in [0, 0.1) is 28.1 Å². The highest BCUT2D eigenvalue weighted by atomic mass is 35.5. The number of benzene rings is 2. The monoisotopic (exact) mass is 490 g/mol. The molecule has 35 heavy (non-hydrogen) atoms. The highest BCUT2D eigenvalue weighted by molar-refractivity contribution is 6.31. The van der Waals surface area contributed by atoms with Gasteiger partial charge in [0.05, 0.1) is 19.4 Å². The predicted octanol–water partition coefficient (Wildman–Crippen LogP) is 4.12. The molecule has 178 valence electrons. The molecule has 0 spiro atoms. The lowest BCUT2D eigenvalue weighted by atomic mass is 9.59. The fraction of sp³-hybridized carbons (Fsp3) is 0.346. The number of nitriles is 2. The fourth-order valence-electron chi connectivity index (χ4n) is 5.08. The number of hydrogen-bond donors (Lipinski definition) is 0. The first kappa shape index (κ1) is 24.3. The Labute approximate surface area is 208 Å². The minimum Gasteiger partial charge on any atom is -0.465 e. The standard InChI is InChI=1S/C26H23ClN4O4/c1-3-34-23(32)26(24(33)35-4-2)13-20(19-11-7-8-12-21(19)27)25(15-28,16-29)31-22(26)18-10-6-5-9-17(18)14-30-31/h5-12,14,20,22H,3-4,13H2,1-2H3/t20-,22+/m1/s1. The van der Waals surface area contributed by atoms with E-state index in [9.17, 15) is 20.1 Å². The van der Waals surface area contributed by atoms with Gasteiger partial charge in [0.1, 0.15) is 18.2 Å². The molecule has 1 saturated heterocycles. The average Bonchev–Trinajstić information content (AvgIpc) is 2.88. The number of esters is 2. The van der Waals surface area contributed by atoms with Gasteiger partial charge in [-0.1, -0.05) is 54.1 Å². The van der Waals surface area contributed by atoms with Gasteiger partial charge in [0, 0.05) is 10.9 Å². The van der Waals surface area contributed by atoms with Gasteiger partial charge in [-0.25, -0.2) is 0 Å². The number of halogens is 1. The van der Waals surface area contributed by atoms with Crippen molar-refractivity contribution in [2.45, 2.75) is 37.8 Å². The SMILES string of the molecule is CCOC(=O)C1(C(=O)OCC)C[C@H](c2ccccc2Cl)C(C#N)(C#N)N2N=Cc3ccccc3[C@H]21. The summed E-state index contributed by atoms with van der Waals surface area (Å²) in [6.45, 7) is 3.33. The summed E-state index contributed by atoms with van der Waals surface area (Å²) >= 11 is 6.52. The lowest BCUT2D eigenvalue weighted by molar-refractivity contribution is -0.187. The molecule has 2 aromatic rings. The topological polar surface area (TPSA) is 116 Å². The molecule has 0 bridgehead atoms. The van der Waals surface area contributed by atoms with Gasteiger partial charge >= 0.3 is 11.9 Å². The summed E-state index contributed by atoms with van der Waals surface area (Å²) in [5, 5.41) is 26.9. The molecule has 8 nitrogen and oxygen atoms in total. The zero-order valence-corrected chi connectivity index (χ0v) is 20.0. The molecule has 1 fully saturated rings. The molecule has 0 aromatic heterocycles. The molecule has 2 aliphatic heterocycles. The summed E-state index contributed by atoms with van der Waals surface area (Å²) in [4.78, 5) is 27.5. The van der Waals surface area contributed by atoms with E-state index in [1.54, 1.807) is 62.4 Å². The second kappa shape index (κ2) is 9.40. The number of hydrogen-bond acceptors (Lipinski definition) is 8. The number of ether oxygens (including phenoxy) is 2. The number of rotatable bonds is 5. The summed E-state index contributed by atoms with van der Waals surface area (Å²) in [5.74, 6) is -2.59. The molecule has 2 aliphatic rings. The van der Waals surface area contributed by atoms with E-state index in [0.29, 0.717) is 21.7 Å². The molecule has 0 unspecified atom stereocenters. The van der Waals surface area contributed by atoms with Crippen molar-refractivity contribution in [1.29, 1.82) is 10.5 Å². The summed E-state index contributed by atoms with van der Waals surface area (Å²) < 4.78 is 10.9. The van der Waals surface area contributed by atoms with E-state index in [2.05, 4.69) is 17.2 Å². The molecule has 0 amide bonds. The van der Waals surface area contributed by atoms with Crippen LogP contribution >= 0.6 is 11.6 Å². The summed E-state index contributed by atoms with van der Waals surface area (Å²) in [7, 11) is 0. The third kappa shape index (κ3) is 3.53. The maximum Gasteiger partial charge on any atom is 0.326 e. The smallest absolute Gasteiger partial charge is 0.326 e. The zero-order chi connectivity index (χ0) is 25.2. The van der Waals surface area contributed by atoms with Crippen LogP contribution in [0.1, 0.15) is 48.9 Å². The molecule has 0 aliphatic carbocycles. The van der Waals surface area contributed by atoms with Crippen LogP contribution in [0.5, 0.6) is 0 Å². The highest BCUT2D eigenvalue weighted by Crippen LogP contribution is 2.59. The van der Waals surface area contributed by atoms with Crippen LogP contribution < -0.4 is 0 Å². The lowest BCUT2D eigenvalue weighted by Gasteiger charge is -2.54. The zero-order valence-electron chi connectivity index (χ0n) is 19.3.